The molecule has 1 N–H and O–H groups in total. The molecule has 0 aliphatic heterocycles. The number of carbonyl (C=O) groups is 1. The van der Waals surface area contributed by atoms with Gasteiger partial charge in [0.1, 0.15) is 17.8 Å². The predicted molar refractivity (Wildman–Crippen MR) is 92.7 cm³/mol. The molecule has 1 amide bonds. The maximum Gasteiger partial charge on any atom is 0.253 e. The molecular weight excluding hydrogens is 340 g/mol. The van der Waals surface area contributed by atoms with Gasteiger partial charge >= 0.3 is 0 Å². The molecule has 0 radical (unpaired) electrons. The van der Waals surface area contributed by atoms with E-state index in [-0.39, 0.29) is 5.91 Å². The summed E-state index contributed by atoms with van der Waals surface area (Å²) in [6.45, 7) is 0.321. The number of halogens is 1. The first-order chi connectivity index (χ1) is 12.2. The van der Waals surface area contributed by atoms with Gasteiger partial charge in [0.2, 0.25) is 0 Å². The normalized spacial score (nSPS) is 10.9. The topological polar surface area (TPSA) is 77.1 Å². The Labute approximate surface area is 147 Å². The molecule has 0 aliphatic carbocycles. The number of carbonyl (C=O) groups excluding carboxylic acids is 1. The zero-order chi connectivity index (χ0) is 17.2. The number of nitrogens with zero attached hydrogens (tertiary/aromatic N) is 5. The zero-order valence-corrected chi connectivity index (χ0v) is 13.8. The minimum Gasteiger partial charge on any atom is -0.346 e. The van der Waals surface area contributed by atoms with E-state index in [1.54, 1.807) is 47.7 Å². The fourth-order valence-electron chi connectivity index (χ4n) is 2.44. The minimum absolute atomic E-state index is 0.209. The molecule has 0 bridgehead atoms. The highest BCUT2D eigenvalue weighted by Gasteiger charge is 2.08. The van der Waals surface area contributed by atoms with E-state index in [0.29, 0.717) is 22.9 Å². The number of imidazole rings is 2. The van der Waals surface area contributed by atoms with Crippen LogP contribution in [0.5, 0.6) is 0 Å². The number of amides is 1. The Hall–Kier alpha value is -3.19. The monoisotopic (exact) mass is 352 g/mol. The zero-order valence-electron chi connectivity index (χ0n) is 13.0. The van der Waals surface area contributed by atoms with Crippen LogP contribution in [-0.4, -0.2) is 29.8 Å². The van der Waals surface area contributed by atoms with Gasteiger partial charge in [-0.3, -0.25) is 9.36 Å². The number of hydrogen-bond donors (Lipinski definition) is 1. The molecule has 124 valence electrons. The van der Waals surface area contributed by atoms with Gasteiger partial charge in [-0.05, 0) is 24.3 Å². The molecule has 0 aromatic carbocycles. The molecule has 25 heavy (non-hydrogen) atoms. The number of hydrogen-bond acceptors (Lipinski definition) is 4. The van der Waals surface area contributed by atoms with Crippen molar-refractivity contribution in [1.82, 2.24) is 29.2 Å². The summed E-state index contributed by atoms with van der Waals surface area (Å²) in [5.74, 6) is 0.492. The third kappa shape index (κ3) is 3.22. The Kier molecular flexibility index (Phi) is 3.91. The van der Waals surface area contributed by atoms with Crippen LogP contribution in [0, 0.1) is 0 Å². The highest BCUT2D eigenvalue weighted by Crippen LogP contribution is 2.12. The molecule has 8 heteroatoms. The number of nitrogens with one attached hydrogen (secondary N) is 1. The van der Waals surface area contributed by atoms with Crippen molar-refractivity contribution < 1.29 is 4.79 Å². The summed E-state index contributed by atoms with van der Waals surface area (Å²) in [7, 11) is 0. The van der Waals surface area contributed by atoms with E-state index in [1.807, 2.05) is 16.7 Å². The third-order valence-electron chi connectivity index (χ3n) is 3.67. The summed E-state index contributed by atoms with van der Waals surface area (Å²) in [4.78, 5) is 24.9. The molecule has 4 aromatic rings. The van der Waals surface area contributed by atoms with Crippen molar-refractivity contribution in [3.05, 3.63) is 77.9 Å². The molecule has 4 rings (SSSR count). The largest absolute Gasteiger partial charge is 0.346 e. The highest BCUT2D eigenvalue weighted by molar-refractivity contribution is 6.30. The van der Waals surface area contributed by atoms with Crippen LogP contribution in [0.3, 0.4) is 0 Å². The van der Waals surface area contributed by atoms with Crippen LogP contribution in [0.2, 0.25) is 5.02 Å². The second-order valence-electron chi connectivity index (χ2n) is 5.40. The first-order valence-electron chi connectivity index (χ1n) is 7.55. The maximum absolute atomic E-state index is 12.3. The van der Waals surface area contributed by atoms with Crippen LogP contribution in [0.1, 0.15) is 16.1 Å². The van der Waals surface area contributed by atoms with Crippen LogP contribution in [-0.2, 0) is 6.54 Å². The van der Waals surface area contributed by atoms with Gasteiger partial charge in [0, 0.05) is 31.0 Å². The smallest absolute Gasteiger partial charge is 0.253 e. The van der Waals surface area contributed by atoms with Crippen LogP contribution >= 0.6 is 11.6 Å². The van der Waals surface area contributed by atoms with Crippen LogP contribution in [0.15, 0.2) is 61.6 Å². The Morgan fingerprint density at radius 3 is 2.88 bits per heavy atom. The Morgan fingerprint density at radius 2 is 2.12 bits per heavy atom. The van der Waals surface area contributed by atoms with E-state index in [0.717, 1.165) is 11.3 Å². The molecule has 0 saturated carbocycles. The van der Waals surface area contributed by atoms with Gasteiger partial charge in [-0.1, -0.05) is 11.6 Å². The number of aromatic nitrogens is 5. The van der Waals surface area contributed by atoms with Crippen molar-refractivity contribution in [1.29, 1.82) is 0 Å². The number of fused-ring (bicyclic) bond motifs is 1. The maximum atomic E-state index is 12.3. The molecule has 7 nitrogen and oxygen atoms in total. The molecule has 0 saturated heterocycles. The second kappa shape index (κ2) is 6.37. The molecular formula is C17H13ClN6O. The molecule has 0 aliphatic rings. The Morgan fingerprint density at radius 1 is 1.20 bits per heavy atom. The van der Waals surface area contributed by atoms with E-state index in [1.165, 1.54) is 6.20 Å². The van der Waals surface area contributed by atoms with Crippen molar-refractivity contribution in [3.8, 4) is 5.82 Å². The Balaban J connectivity index is 1.44. The van der Waals surface area contributed by atoms with Crippen molar-refractivity contribution in [2.75, 3.05) is 0 Å². The summed E-state index contributed by atoms with van der Waals surface area (Å²) >= 11 is 5.95. The lowest BCUT2D eigenvalue weighted by Gasteiger charge is -2.05. The van der Waals surface area contributed by atoms with Gasteiger partial charge < -0.3 is 9.72 Å². The molecule has 4 aromatic heterocycles. The molecule has 0 unspecified atom stereocenters. The van der Waals surface area contributed by atoms with E-state index in [4.69, 9.17) is 11.6 Å². The second-order valence-corrected chi connectivity index (χ2v) is 5.84. The van der Waals surface area contributed by atoms with Crippen molar-refractivity contribution >= 4 is 23.2 Å². The first-order valence-corrected chi connectivity index (χ1v) is 7.92. The number of rotatable bonds is 4. The average molecular weight is 353 g/mol. The van der Waals surface area contributed by atoms with Crippen LogP contribution in [0.4, 0.5) is 0 Å². The first kappa shape index (κ1) is 15.3. The van der Waals surface area contributed by atoms with Gasteiger partial charge in [-0.2, -0.15) is 0 Å². The molecule has 0 atom stereocenters. The summed E-state index contributed by atoms with van der Waals surface area (Å²) in [5, 5.41) is 3.47. The van der Waals surface area contributed by atoms with Gasteiger partial charge in [0.05, 0.1) is 22.8 Å². The van der Waals surface area contributed by atoms with Crippen molar-refractivity contribution in [2.45, 2.75) is 6.54 Å². The lowest BCUT2D eigenvalue weighted by Crippen LogP contribution is -2.23. The van der Waals surface area contributed by atoms with E-state index in [2.05, 4.69) is 20.3 Å². The SMILES string of the molecule is O=C(NCc1cn2cc(Cl)ccc2n1)c1ccc(-n2ccnc2)nc1. The Bertz CT molecular complexity index is 1020. The lowest BCUT2D eigenvalue weighted by atomic mass is 10.2. The van der Waals surface area contributed by atoms with E-state index < -0.39 is 0 Å². The summed E-state index contributed by atoms with van der Waals surface area (Å²) in [6.07, 6.45) is 10.3. The summed E-state index contributed by atoms with van der Waals surface area (Å²) < 4.78 is 3.59. The standard InChI is InChI=1S/C17H13ClN6O/c18-13-2-4-16-22-14(10-24(16)9-13)8-21-17(25)12-1-3-15(20-7-12)23-6-5-19-11-23/h1-7,9-11H,8H2,(H,21,25). The van der Waals surface area contributed by atoms with E-state index >= 15 is 0 Å². The van der Waals surface area contributed by atoms with Gasteiger partial charge in [-0.15, -0.1) is 0 Å². The van der Waals surface area contributed by atoms with Crippen molar-refractivity contribution in [2.24, 2.45) is 0 Å². The molecule has 0 fully saturated rings. The van der Waals surface area contributed by atoms with Crippen LogP contribution < -0.4 is 5.32 Å². The quantitative estimate of drug-likeness (QED) is 0.612. The minimum atomic E-state index is -0.209. The van der Waals surface area contributed by atoms with Crippen molar-refractivity contribution in [3.63, 3.8) is 0 Å². The van der Waals surface area contributed by atoms with E-state index in [9.17, 15) is 4.79 Å². The van der Waals surface area contributed by atoms with Gasteiger partial charge in [0.25, 0.3) is 5.91 Å². The predicted octanol–water partition coefficient (Wildman–Crippen LogP) is 2.50. The summed E-state index contributed by atoms with van der Waals surface area (Å²) in [6, 6.07) is 7.09. The summed E-state index contributed by atoms with van der Waals surface area (Å²) in [5.41, 5.74) is 2.01. The molecule has 4 heterocycles. The van der Waals surface area contributed by atoms with Gasteiger partial charge in [-0.25, -0.2) is 15.0 Å². The highest BCUT2D eigenvalue weighted by atomic mass is 35.5. The third-order valence-corrected chi connectivity index (χ3v) is 3.90. The fraction of sp³-hybridized carbons (Fsp3) is 0.0588. The van der Waals surface area contributed by atoms with Crippen LogP contribution in [0.25, 0.3) is 11.5 Å². The van der Waals surface area contributed by atoms with Gasteiger partial charge in [0.15, 0.2) is 0 Å². The molecule has 0 spiro atoms. The average Bonchev–Trinajstić information content (AvgIpc) is 3.29. The lowest BCUT2D eigenvalue weighted by molar-refractivity contribution is 0.0950. The fourth-order valence-corrected chi connectivity index (χ4v) is 2.61. The number of pyridine rings is 2.